The van der Waals surface area contributed by atoms with E-state index >= 15 is 0 Å². The van der Waals surface area contributed by atoms with Crippen molar-refractivity contribution in [2.24, 2.45) is 0 Å². The minimum absolute atomic E-state index is 0.463. The highest BCUT2D eigenvalue weighted by molar-refractivity contribution is 5.03. The first kappa shape index (κ1) is 11.4. The molecule has 0 aromatic carbocycles. The van der Waals surface area contributed by atoms with E-state index in [0.29, 0.717) is 6.61 Å². The standard InChI is InChI=1S/C9H18N2O/c1-4-6-12-8-9(3,7-10)11-5-2/h11H,4-6,8H2,1-3H3. The molecule has 0 fully saturated rings. The Hall–Kier alpha value is -0.590. The maximum atomic E-state index is 8.82. The summed E-state index contributed by atoms with van der Waals surface area (Å²) in [6, 6.07) is 2.20. The average Bonchev–Trinajstić information content (AvgIpc) is 2.06. The van der Waals surface area contributed by atoms with Gasteiger partial charge < -0.3 is 4.74 Å². The van der Waals surface area contributed by atoms with E-state index in [4.69, 9.17) is 10.00 Å². The molecule has 3 nitrogen and oxygen atoms in total. The third-order valence-corrected chi connectivity index (χ3v) is 1.55. The molecule has 3 heteroatoms. The summed E-state index contributed by atoms with van der Waals surface area (Å²) in [4.78, 5) is 0. The highest BCUT2D eigenvalue weighted by Crippen LogP contribution is 2.02. The predicted molar refractivity (Wildman–Crippen MR) is 48.8 cm³/mol. The van der Waals surface area contributed by atoms with Crippen LogP contribution >= 0.6 is 0 Å². The number of nitriles is 1. The number of rotatable bonds is 6. The van der Waals surface area contributed by atoms with Crippen LogP contribution in [0.4, 0.5) is 0 Å². The molecule has 0 heterocycles. The van der Waals surface area contributed by atoms with Crippen molar-refractivity contribution in [1.82, 2.24) is 5.32 Å². The summed E-state index contributed by atoms with van der Waals surface area (Å²) in [5.41, 5.74) is -0.524. The van der Waals surface area contributed by atoms with Gasteiger partial charge >= 0.3 is 0 Å². The summed E-state index contributed by atoms with van der Waals surface area (Å²) in [6.45, 7) is 7.87. The summed E-state index contributed by atoms with van der Waals surface area (Å²) >= 11 is 0. The summed E-state index contributed by atoms with van der Waals surface area (Å²) < 4.78 is 5.31. The first-order valence-electron chi connectivity index (χ1n) is 4.42. The summed E-state index contributed by atoms with van der Waals surface area (Å²) in [5, 5.41) is 11.9. The van der Waals surface area contributed by atoms with Gasteiger partial charge in [0, 0.05) is 6.61 Å². The molecular weight excluding hydrogens is 152 g/mol. The van der Waals surface area contributed by atoms with E-state index in [9.17, 15) is 0 Å². The predicted octanol–water partition coefficient (Wildman–Crippen LogP) is 1.30. The molecule has 1 unspecified atom stereocenters. The first-order chi connectivity index (χ1) is 5.68. The van der Waals surface area contributed by atoms with Crippen LogP contribution in [-0.4, -0.2) is 25.3 Å². The van der Waals surface area contributed by atoms with Crippen LogP contribution in [0.5, 0.6) is 0 Å². The molecule has 0 aromatic rings. The smallest absolute Gasteiger partial charge is 0.127 e. The molecule has 70 valence electrons. The van der Waals surface area contributed by atoms with E-state index in [1.54, 1.807) is 0 Å². The average molecular weight is 170 g/mol. The van der Waals surface area contributed by atoms with E-state index < -0.39 is 5.54 Å². The lowest BCUT2D eigenvalue weighted by atomic mass is 10.1. The second kappa shape index (κ2) is 5.99. The Labute approximate surface area is 74.7 Å². The first-order valence-corrected chi connectivity index (χ1v) is 4.42. The Morgan fingerprint density at radius 2 is 2.17 bits per heavy atom. The van der Waals surface area contributed by atoms with Gasteiger partial charge in [-0.2, -0.15) is 5.26 Å². The molecule has 0 aromatic heterocycles. The van der Waals surface area contributed by atoms with Crippen molar-refractivity contribution in [3.05, 3.63) is 0 Å². The second-order valence-electron chi connectivity index (χ2n) is 3.03. The molecule has 0 aliphatic heterocycles. The van der Waals surface area contributed by atoms with Gasteiger partial charge in [-0.3, -0.25) is 5.32 Å². The van der Waals surface area contributed by atoms with Gasteiger partial charge in [-0.15, -0.1) is 0 Å². The zero-order valence-corrected chi connectivity index (χ0v) is 8.18. The minimum Gasteiger partial charge on any atom is -0.378 e. The molecule has 0 bridgehead atoms. The van der Waals surface area contributed by atoms with E-state index in [1.165, 1.54) is 0 Å². The maximum absolute atomic E-state index is 8.82. The van der Waals surface area contributed by atoms with Crippen LogP contribution in [0.25, 0.3) is 0 Å². The lowest BCUT2D eigenvalue weighted by molar-refractivity contribution is 0.0965. The Bertz CT molecular complexity index is 153. The van der Waals surface area contributed by atoms with E-state index in [2.05, 4.69) is 18.3 Å². The van der Waals surface area contributed by atoms with Crippen LogP contribution in [0, 0.1) is 11.3 Å². The van der Waals surface area contributed by atoms with E-state index in [-0.39, 0.29) is 0 Å². The number of likely N-dealkylation sites (N-methyl/N-ethyl adjacent to an activating group) is 1. The maximum Gasteiger partial charge on any atom is 0.127 e. The Balaban J connectivity index is 3.73. The molecule has 0 aliphatic carbocycles. The normalized spacial score (nSPS) is 15.2. The van der Waals surface area contributed by atoms with E-state index in [1.807, 2.05) is 13.8 Å². The molecular formula is C9H18N2O. The lowest BCUT2D eigenvalue weighted by Crippen LogP contribution is -2.45. The summed E-state index contributed by atoms with van der Waals surface area (Å²) in [5.74, 6) is 0. The third kappa shape index (κ3) is 4.32. The summed E-state index contributed by atoms with van der Waals surface area (Å²) in [7, 11) is 0. The zero-order valence-electron chi connectivity index (χ0n) is 8.18. The molecule has 1 N–H and O–H groups in total. The Morgan fingerprint density at radius 3 is 2.58 bits per heavy atom. The van der Waals surface area contributed by atoms with Crippen molar-refractivity contribution >= 4 is 0 Å². The van der Waals surface area contributed by atoms with Crippen LogP contribution in [-0.2, 0) is 4.74 Å². The fourth-order valence-corrected chi connectivity index (χ4v) is 0.934. The van der Waals surface area contributed by atoms with Crippen molar-refractivity contribution in [3.8, 4) is 6.07 Å². The van der Waals surface area contributed by atoms with Gasteiger partial charge in [-0.1, -0.05) is 13.8 Å². The number of ether oxygens (including phenoxy) is 1. The van der Waals surface area contributed by atoms with Crippen LogP contribution in [0.1, 0.15) is 27.2 Å². The zero-order chi connectivity index (χ0) is 9.45. The van der Waals surface area contributed by atoms with Gasteiger partial charge in [-0.25, -0.2) is 0 Å². The SMILES string of the molecule is CCCOCC(C)(C#N)NCC. The molecule has 0 spiro atoms. The van der Waals surface area contributed by atoms with Gasteiger partial charge in [0.1, 0.15) is 5.54 Å². The lowest BCUT2D eigenvalue weighted by Gasteiger charge is -2.21. The number of nitrogens with zero attached hydrogens (tertiary/aromatic N) is 1. The number of hydrogen-bond acceptors (Lipinski definition) is 3. The van der Waals surface area contributed by atoms with Gasteiger partial charge in [0.25, 0.3) is 0 Å². The van der Waals surface area contributed by atoms with Crippen molar-refractivity contribution in [1.29, 1.82) is 5.26 Å². The largest absolute Gasteiger partial charge is 0.378 e. The van der Waals surface area contributed by atoms with Crippen LogP contribution in [0.15, 0.2) is 0 Å². The van der Waals surface area contributed by atoms with Crippen molar-refractivity contribution < 1.29 is 4.74 Å². The van der Waals surface area contributed by atoms with Gasteiger partial charge in [0.2, 0.25) is 0 Å². The molecule has 12 heavy (non-hydrogen) atoms. The van der Waals surface area contributed by atoms with Gasteiger partial charge in [0.15, 0.2) is 0 Å². The van der Waals surface area contributed by atoms with E-state index in [0.717, 1.165) is 19.6 Å². The van der Waals surface area contributed by atoms with Crippen molar-refractivity contribution in [2.75, 3.05) is 19.8 Å². The fraction of sp³-hybridized carbons (Fsp3) is 0.889. The third-order valence-electron chi connectivity index (χ3n) is 1.55. The molecule has 0 rings (SSSR count). The number of hydrogen-bond donors (Lipinski definition) is 1. The molecule has 0 aliphatic rings. The quantitative estimate of drug-likeness (QED) is 0.611. The van der Waals surface area contributed by atoms with Gasteiger partial charge in [0.05, 0.1) is 12.7 Å². The second-order valence-corrected chi connectivity index (χ2v) is 3.03. The van der Waals surface area contributed by atoms with Gasteiger partial charge in [-0.05, 0) is 19.9 Å². The van der Waals surface area contributed by atoms with Crippen molar-refractivity contribution in [3.63, 3.8) is 0 Å². The van der Waals surface area contributed by atoms with Crippen molar-refractivity contribution in [2.45, 2.75) is 32.7 Å². The Kier molecular flexibility index (Phi) is 5.69. The molecule has 1 atom stereocenters. The summed E-state index contributed by atoms with van der Waals surface area (Å²) in [6.07, 6.45) is 0.994. The van der Waals surface area contributed by atoms with Crippen LogP contribution < -0.4 is 5.32 Å². The topological polar surface area (TPSA) is 45.0 Å². The highest BCUT2D eigenvalue weighted by atomic mass is 16.5. The highest BCUT2D eigenvalue weighted by Gasteiger charge is 2.21. The minimum atomic E-state index is -0.524. The van der Waals surface area contributed by atoms with Crippen LogP contribution in [0.3, 0.4) is 0 Å². The fourth-order valence-electron chi connectivity index (χ4n) is 0.934. The molecule has 0 saturated heterocycles. The number of nitrogens with one attached hydrogen (secondary N) is 1. The monoisotopic (exact) mass is 170 g/mol. The molecule has 0 saturated carbocycles. The molecule has 0 radical (unpaired) electrons. The van der Waals surface area contributed by atoms with Crippen LogP contribution in [0.2, 0.25) is 0 Å². The Morgan fingerprint density at radius 1 is 1.50 bits per heavy atom. The molecule has 0 amide bonds.